The third-order valence-electron chi connectivity index (χ3n) is 6.16. The summed E-state index contributed by atoms with van der Waals surface area (Å²) in [6.45, 7) is 0.730. The molecule has 1 unspecified atom stereocenters. The van der Waals surface area contributed by atoms with E-state index in [0.29, 0.717) is 31.6 Å². The van der Waals surface area contributed by atoms with Crippen molar-refractivity contribution in [1.29, 1.82) is 0 Å². The van der Waals surface area contributed by atoms with Crippen LogP contribution in [0.25, 0.3) is 0 Å². The lowest BCUT2D eigenvalue weighted by atomic mass is 9.95. The first-order valence-electron chi connectivity index (χ1n) is 11.1. The van der Waals surface area contributed by atoms with E-state index < -0.39 is 15.6 Å². The van der Waals surface area contributed by atoms with Gasteiger partial charge in [0.05, 0.1) is 17.9 Å². The number of imide groups is 1. The van der Waals surface area contributed by atoms with Crippen molar-refractivity contribution in [2.24, 2.45) is 11.8 Å². The highest BCUT2D eigenvalue weighted by Crippen LogP contribution is 2.47. The molecule has 0 aromatic heterocycles. The molecule has 0 spiro atoms. The Kier molecular flexibility index (Phi) is 6.48. The standard InChI is InChI=1S/C23H30N2O5S/c26-21-11-10-18(22(27)24-21)5-2-1-3-14-31(28,29)25-23(12-13-23)19-6-4-7-20(15-19)30-16-17-8-9-17/h1-2,4,6-7,15,17-18,25H,3,5,8-14,16H2,(H,24,26,27)/b2-1+. The summed E-state index contributed by atoms with van der Waals surface area (Å²) in [5.41, 5.74) is 0.437. The first-order valence-corrected chi connectivity index (χ1v) is 12.7. The number of benzene rings is 1. The average molecular weight is 447 g/mol. The minimum absolute atomic E-state index is 0.00152. The van der Waals surface area contributed by atoms with Crippen molar-refractivity contribution >= 4 is 21.8 Å². The highest BCUT2D eigenvalue weighted by molar-refractivity contribution is 7.89. The number of rotatable bonds is 11. The molecule has 1 heterocycles. The van der Waals surface area contributed by atoms with E-state index in [9.17, 15) is 18.0 Å². The normalized spacial score (nSPS) is 23.0. The summed E-state index contributed by atoms with van der Waals surface area (Å²) in [7, 11) is -3.44. The van der Waals surface area contributed by atoms with E-state index in [4.69, 9.17) is 4.74 Å². The molecule has 1 aliphatic heterocycles. The van der Waals surface area contributed by atoms with Gasteiger partial charge in [0.2, 0.25) is 21.8 Å². The van der Waals surface area contributed by atoms with Crippen molar-refractivity contribution in [1.82, 2.24) is 10.0 Å². The zero-order chi connectivity index (χ0) is 21.9. The monoisotopic (exact) mass is 446 g/mol. The molecular weight excluding hydrogens is 416 g/mol. The highest BCUT2D eigenvalue weighted by atomic mass is 32.2. The molecule has 8 heteroatoms. The number of ether oxygens (including phenoxy) is 1. The van der Waals surface area contributed by atoms with Gasteiger partial charge in [-0.05, 0) is 68.6 Å². The van der Waals surface area contributed by atoms with E-state index in [-0.39, 0.29) is 23.5 Å². The molecule has 2 aliphatic carbocycles. The molecule has 1 saturated heterocycles. The Hall–Kier alpha value is -2.19. The third kappa shape index (κ3) is 6.17. The van der Waals surface area contributed by atoms with Crippen molar-refractivity contribution in [3.8, 4) is 5.75 Å². The van der Waals surface area contributed by atoms with Crippen LogP contribution >= 0.6 is 0 Å². The van der Waals surface area contributed by atoms with Crippen LogP contribution in [0.3, 0.4) is 0 Å². The molecule has 3 aliphatic rings. The highest BCUT2D eigenvalue weighted by Gasteiger charge is 2.47. The second-order valence-electron chi connectivity index (χ2n) is 8.93. The van der Waals surface area contributed by atoms with Gasteiger partial charge in [-0.25, -0.2) is 13.1 Å². The first kappa shape index (κ1) is 22.0. The van der Waals surface area contributed by atoms with Gasteiger partial charge in [-0.2, -0.15) is 0 Å². The van der Waals surface area contributed by atoms with E-state index in [1.54, 1.807) is 6.08 Å². The Morgan fingerprint density at radius 3 is 2.68 bits per heavy atom. The molecule has 31 heavy (non-hydrogen) atoms. The summed E-state index contributed by atoms with van der Waals surface area (Å²) >= 11 is 0. The van der Waals surface area contributed by atoms with Crippen molar-refractivity contribution < 1.29 is 22.7 Å². The van der Waals surface area contributed by atoms with Crippen LogP contribution in [0, 0.1) is 11.8 Å². The van der Waals surface area contributed by atoms with Gasteiger partial charge in [-0.1, -0.05) is 24.3 Å². The van der Waals surface area contributed by atoms with Gasteiger partial charge in [-0.15, -0.1) is 0 Å². The molecule has 2 N–H and O–H groups in total. The quantitative estimate of drug-likeness (QED) is 0.402. The lowest BCUT2D eigenvalue weighted by Crippen LogP contribution is -2.40. The van der Waals surface area contributed by atoms with Crippen molar-refractivity contribution in [2.45, 2.75) is 56.9 Å². The lowest BCUT2D eigenvalue weighted by Gasteiger charge is -2.19. The van der Waals surface area contributed by atoms with Gasteiger partial charge in [-0.3, -0.25) is 14.9 Å². The average Bonchev–Trinajstić information content (AvgIpc) is 3.64. The van der Waals surface area contributed by atoms with Crippen molar-refractivity contribution in [3.05, 3.63) is 42.0 Å². The fourth-order valence-corrected chi connectivity index (χ4v) is 5.34. The Labute approximate surface area is 183 Å². The van der Waals surface area contributed by atoms with E-state index in [1.807, 2.05) is 30.3 Å². The van der Waals surface area contributed by atoms with Crippen LogP contribution < -0.4 is 14.8 Å². The maximum absolute atomic E-state index is 12.6. The molecule has 168 valence electrons. The topological polar surface area (TPSA) is 102 Å². The molecule has 2 amide bonds. The van der Waals surface area contributed by atoms with E-state index in [1.165, 1.54) is 12.8 Å². The second-order valence-corrected chi connectivity index (χ2v) is 10.8. The van der Waals surface area contributed by atoms with Crippen LogP contribution in [-0.2, 0) is 25.2 Å². The zero-order valence-electron chi connectivity index (χ0n) is 17.6. The van der Waals surface area contributed by atoms with Crippen LogP contribution in [0.5, 0.6) is 5.75 Å². The number of hydrogen-bond acceptors (Lipinski definition) is 5. The molecular formula is C23H30N2O5S. The number of sulfonamides is 1. The van der Waals surface area contributed by atoms with Crippen LogP contribution in [-0.4, -0.2) is 32.6 Å². The molecule has 7 nitrogen and oxygen atoms in total. The van der Waals surface area contributed by atoms with Crippen LogP contribution in [0.4, 0.5) is 0 Å². The second kappa shape index (κ2) is 9.12. The molecule has 0 radical (unpaired) electrons. The van der Waals surface area contributed by atoms with Gasteiger partial charge in [0, 0.05) is 12.3 Å². The fraction of sp³-hybridized carbons (Fsp3) is 0.565. The molecule has 4 rings (SSSR count). The summed E-state index contributed by atoms with van der Waals surface area (Å²) in [4.78, 5) is 22.9. The molecule has 1 aromatic rings. The Morgan fingerprint density at radius 2 is 1.97 bits per heavy atom. The Bertz CT molecular complexity index is 964. The third-order valence-corrected chi connectivity index (χ3v) is 7.64. The largest absolute Gasteiger partial charge is 0.493 e. The summed E-state index contributed by atoms with van der Waals surface area (Å²) in [6.07, 6.45) is 9.45. The SMILES string of the molecule is O=C1CCC(C/C=C/CCS(=O)(=O)NC2(c3cccc(OCC4CC4)c3)CC2)C(=O)N1. The predicted molar refractivity (Wildman–Crippen MR) is 117 cm³/mol. The van der Waals surface area contributed by atoms with Crippen molar-refractivity contribution in [3.63, 3.8) is 0 Å². The summed E-state index contributed by atoms with van der Waals surface area (Å²) < 4.78 is 34.0. The van der Waals surface area contributed by atoms with Gasteiger partial charge < -0.3 is 4.74 Å². The number of piperidine rings is 1. The van der Waals surface area contributed by atoms with Gasteiger partial charge in [0.15, 0.2) is 0 Å². The maximum atomic E-state index is 12.6. The smallest absolute Gasteiger partial charge is 0.229 e. The number of hydrogen-bond donors (Lipinski definition) is 2. The lowest BCUT2D eigenvalue weighted by molar-refractivity contribution is -0.136. The minimum Gasteiger partial charge on any atom is -0.493 e. The van der Waals surface area contributed by atoms with Crippen LogP contribution in [0.2, 0.25) is 0 Å². The summed E-state index contributed by atoms with van der Waals surface area (Å²) in [6, 6.07) is 7.75. The predicted octanol–water partition coefficient (Wildman–Crippen LogP) is 2.77. The molecule has 1 aromatic carbocycles. The Balaban J connectivity index is 1.26. The number of amides is 2. The minimum atomic E-state index is -3.44. The van der Waals surface area contributed by atoms with Gasteiger partial charge in [0.1, 0.15) is 5.75 Å². The summed E-state index contributed by atoms with van der Waals surface area (Å²) in [5.74, 6) is 0.781. The van der Waals surface area contributed by atoms with Gasteiger partial charge in [0.25, 0.3) is 0 Å². The number of carbonyl (C=O) groups excluding carboxylic acids is 2. The number of allylic oxidation sites excluding steroid dienone is 2. The molecule has 0 bridgehead atoms. The first-order chi connectivity index (χ1) is 14.9. The zero-order valence-corrected chi connectivity index (χ0v) is 18.5. The number of nitrogens with one attached hydrogen (secondary N) is 2. The molecule has 3 fully saturated rings. The Morgan fingerprint density at radius 1 is 1.16 bits per heavy atom. The van der Waals surface area contributed by atoms with Crippen LogP contribution in [0.15, 0.2) is 36.4 Å². The van der Waals surface area contributed by atoms with E-state index in [2.05, 4.69) is 10.0 Å². The van der Waals surface area contributed by atoms with E-state index >= 15 is 0 Å². The maximum Gasteiger partial charge on any atom is 0.229 e. The number of carbonyl (C=O) groups is 2. The van der Waals surface area contributed by atoms with Crippen molar-refractivity contribution in [2.75, 3.05) is 12.4 Å². The molecule has 2 saturated carbocycles. The fourth-order valence-electron chi connectivity index (χ4n) is 3.87. The molecule has 1 atom stereocenters. The van der Waals surface area contributed by atoms with Crippen LogP contribution in [0.1, 0.15) is 56.9 Å². The van der Waals surface area contributed by atoms with Gasteiger partial charge >= 0.3 is 0 Å². The summed E-state index contributed by atoms with van der Waals surface area (Å²) in [5, 5.41) is 2.34. The van der Waals surface area contributed by atoms with E-state index in [0.717, 1.165) is 30.8 Å².